The van der Waals surface area contributed by atoms with Gasteiger partial charge < -0.3 is 4.74 Å². The maximum atomic E-state index is 12.5. The van der Waals surface area contributed by atoms with E-state index in [1.807, 2.05) is 0 Å². The van der Waals surface area contributed by atoms with Crippen LogP contribution < -0.4 is 4.74 Å². The second-order valence-corrected chi connectivity index (χ2v) is 4.38. The van der Waals surface area contributed by atoms with Crippen LogP contribution in [-0.2, 0) is 12.6 Å². The predicted molar refractivity (Wildman–Crippen MR) is 65.2 cm³/mol. The van der Waals surface area contributed by atoms with Crippen molar-refractivity contribution in [1.29, 1.82) is 0 Å². The molecule has 0 bridgehead atoms. The molecule has 2 nitrogen and oxygen atoms in total. The first-order valence-corrected chi connectivity index (χ1v) is 6.01. The molecule has 0 aliphatic heterocycles. The lowest BCUT2D eigenvalue weighted by Crippen LogP contribution is -2.17. The highest BCUT2D eigenvalue weighted by Crippen LogP contribution is 2.28. The molecular weight excluding hydrogens is 312 g/mol. The SMILES string of the molecule is FC(F)(F)Oc1cccc(Cc2cccc(C(F)(F)F)n2)c1. The first-order chi connectivity index (χ1) is 10.1. The fraction of sp³-hybridized carbons (Fsp3) is 0.214. The molecular formula is C14H9F6NO. The molecule has 1 heterocycles. The predicted octanol–water partition coefficient (Wildman–Crippen LogP) is 4.59. The summed E-state index contributed by atoms with van der Waals surface area (Å²) in [5, 5.41) is 0. The average Bonchev–Trinajstić information content (AvgIpc) is 2.36. The number of rotatable bonds is 3. The monoisotopic (exact) mass is 321 g/mol. The summed E-state index contributed by atoms with van der Waals surface area (Å²) in [6, 6.07) is 8.40. The maximum Gasteiger partial charge on any atom is 0.573 e. The fourth-order valence-corrected chi connectivity index (χ4v) is 1.80. The Morgan fingerprint density at radius 3 is 2.23 bits per heavy atom. The smallest absolute Gasteiger partial charge is 0.406 e. The van der Waals surface area contributed by atoms with Gasteiger partial charge in [-0.05, 0) is 29.8 Å². The van der Waals surface area contributed by atoms with Gasteiger partial charge >= 0.3 is 12.5 Å². The Morgan fingerprint density at radius 2 is 1.59 bits per heavy atom. The molecule has 0 unspecified atom stereocenters. The van der Waals surface area contributed by atoms with Crippen LogP contribution in [0.4, 0.5) is 26.3 Å². The molecule has 1 aromatic carbocycles. The molecule has 0 fully saturated rings. The van der Waals surface area contributed by atoms with Gasteiger partial charge in [0.1, 0.15) is 11.4 Å². The van der Waals surface area contributed by atoms with Gasteiger partial charge in [-0.25, -0.2) is 4.98 Å². The van der Waals surface area contributed by atoms with Gasteiger partial charge in [-0.1, -0.05) is 18.2 Å². The number of benzene rings is 1. The van der Waals surface area contributed by atoms with Crippen LogP contribution in [0.15, 0.2) is 42.5 Å². The van der Waals surface area contributed by atoms with Crippen LogP contribution in [0.1, 0.15) is 17.0 Å². The van der Waals surface area contributed by atoms with E-state index in [4.69, 9.17) is 0 Å². The number of aromatic nitrogens is 1. The van der Waals surface area contributed by atoms with Crippen molar-refractivity contribution >= 4 is 0 Å². The normalized spacial score (nSPS) is 12.3. The Kier molecular flexibility index (Phi) is 4.30. The second kappa shape index (κ2) is 5.86. The summed E-state index contributed by atoms with van der Waals surface area (Å²) in [4.78, 5) is 3.46. The first kappa shape index (κ1) is 16.1. The van der Waals surface area contributed by atoms with Gasteiger partial charge in [-0.3, -0.25) is 0 Å². The number of pyridine rings is 1. The molecule has 2 rings (SSSR count). The number of hydrogen-bond acceptors (Lipinski definition) is 2. The van der Waals surface area contributed by atoms with Crippen molar-refractivity contribution in [3.63, 3.8) is 0 Å². The Balaban J connectivity index is 2.19. The summed E-state index contributed by atoms with van der Waals surface area (Å²) in [6.07, 6.45) is -9.44. The minimum atomic E-state index is -4.83. The van der Waals surface area contributed by atoms with Gasteiger partial charge in [-0.2, -0.15) is 13.2 Å². The summed E-state index contributed by atoms with van der Waals surface area (Å²) >= 11 is 0. The molecule has 0 saturated heterocycles. The van der Waals surface area contributed by atoms with E-state index in [-0.39, 0.29) is 12.1 Å². The average molecular weight is 321 g/mol. The molecule has 0 aliphatic carbocycles. The van der Waals surface area contributed by atoms with E-state index in [1.165, 1.54) is 24.3 Å². The molecule has 1 aromatic heterocycles. The van der Waals surface area contributed by atoms with E-state index in [9.17, 15) is 26.3 Å². The Bertz CT molecular complexity index is 650. The molecule has 0 N–H and O–H groups in total. The van der Waals surface area contributed by atoms with Crippen molar-refractivity contribution in [2.24, 2.45) is 0 Å². The Labute approximate surface area is 121 Å². The quantitative estimate of drug-likeness (QED) is 0.772. The molecule has 22 heavy (non-hydrogen) atoms. The minimum absolute atomic E-state index is 0.0427. The number of alkyl halides is 6. The number of halogens is 6. The molecule has 0 spiro atoms. The third-order valence-electron chi connectivity index (χ3n) is 2.61. The highest BCUT2D eigenvalue weighted by atomic mass is 19.4. The van der Waals surface area contributed by atoms with Crippen molar-refractivity contribution in [2.45, 2.75) is 19.0 Å². The van der Waals surface area contributed by atoms with Crippen molar-refractivity contribution < 1.29 is 31.1 Å². The van der Waals surface area contributed by atoms with Crippen LogP contribution in [0, 0.1) is 0 Å². The third kappa shape index (κ3) is 4.64. The summed E-state index contributed by atoms with van der Waals surface area (Å²) < 4.78 is 77.8. The lowest BCUT2D eigenvalue weighted by atomic mass is 10.1. The minimum Gasteiger partial charge on any atom is -0.406 e. The Hall–Kier alpha value is -2.25. The van der Waals surface area contributed by atoms with Crippen LogP contribution in [0.5, 0.6) is 5.75 Å². The lowest BCUT2D eigenvalue weighted by Gasteiger charge is -2.10. The molecule has 118 valence electrons. The van der Waals surface area contributed by atoms with Crippen LogP contribution >= 0.6 is 0 Å². The Morgan fingerprint density at radius 1 is 0.909 bits per heavy atom. The van der Waals surface area contributed by atoms with Crippen molar-refractivity contribution in [3.8, 4) is 5.75 Å². The van der Waals surface area contributed by atoms with Crippen LogP contribution in [0.3, 0.4) is 0 Å². The second-order valence-electron chi connectivity index (χ2n) is 4.38. The van der Waals surface area contributed by atoms with Crippen LogP contribution in [0.2, 0.25) is 0 Å². The molecule has 0 saturated carbocycles. The molecule has 0 aliphatic rings. The molecule has 2 aromatic rings. The number of ether oxygens (including phenoxy) is 1. The highest BCUT2D eigenvalue weighted by Gasteiger charge is 2.32. The molecule has 0 atom stereocenters. The van der Waals surface area contributed by atoms with Gasteiger partial charge in [0.05, 0.1) is 0 Å². The van der Waals surface area contributed by atoms with Gasteiger partial charge in [0.15, 0.2) is 0 Å². The first-order valence-electron chi connectivity index (χ1n) is 6.01. The summed E-state index contributed by atoms with van der Waals surface area (Å²) in [7, 11) is 0. The van der Waals surface area contributed by atoms with Gasteiger partial charge in [0, 0.05) is 12.1 Å². The molecule has 8 heteroatoms. The summed E-state index contributed by atoms with van der Waals surface area (Å²) in [5.74, 6) is -0.433. The lowest BCUT2D eigenvalue weighted by molar-refractivity contribution is -0.274. The van der Waals surface area contributed by atoms with Crippen LogP contribution in [-0.4, -0.2) is 11.3 Å². The van der Waals surface area contributed by atoms with Gasteiger partial charge in [0.25, 0.3) is 0 Å². The maximum absolute atomic E-state index is 12.5. The third-order valence-corrected chi connectivity index (χ3v) is 2.61. The van der Waals surface area contributed by atoms with Gasteiger partial charge in [0.2, 0.25) is 0 Å². The summed E-state index contributed by atoms with van der Waals surface area (Å²) in [6.45, 7) is 0. The number of nitrogens with zero attached hydrogens (tertiary/aromatic N) is 1. The van der Waals surface area contributed by atoms with E-state index < -0.39 is 24.0 Å². The highest BCUT2D eigenvalue weighted by molar-refractivity contribution is 5.31. The number of hydrogen-bond donors (Lipinski definition) is 0. The largest absolute Gasteiger partial charge is 0.573 e. The van der Waals surface area contributed by atoms with Crippen molar-refractivity contribution in [2.75, 3.05) is 0 Å². The van der Waals surface area contributed by atoms with Crippen molar-refractivity contribution in [3.05, 3.63) is 59.4 Å². The fourth-order valence-electron chi connectivity index (χ4n) is 1.80. The van der Waals surface area contributed by atoms with E-state index in [1.54, 1.807) is 0 Å². The van der Waals surface area contributed by atoms with Crippen LogP contribution in [0.25, 0.3) is 0 Å². The zero-order valence-corrected chi connectivity index (χ0v) is 10.9. The van der Waals surface area contributed by atoms with E-state index in [0.29, 0.717) is 5.56 Å². The van der Waals surface area contributed by atoms with Crippen molar-refractivity contribution in [1.82, 2.24) is 4.98 Å². The molecule has 0 amide bonds. The topological polar surface area (TPSA) is 22.1 Å². The van der Waals surface area contributed by atoms with Gasteiger partial charge in [-0.15, -0.1) is 13.2 Å². The molecule has 0 radical (unpaired) electrons. The zero-order chi connectivity index (χ0) is 16.4. The summed E-state index contributed by atoms with van der Waals surface area (Å²) in [5.41, 5.74) is -0.597. The zero-order valence-electron chi connectivity index (χ0n) is 10.9. The van der Waals surface area contributed by atoms with E-state index in [2.05, 4.69) is 9.72 Å². The van der Waals surface area contributed by atoms with E-state index in [0.717, 1.165) is 18.2 Å². The van der Waals surface area contributed by atoms with E-state index >= 15 is 0 Å². The standard InChI is InChI=1S/C14H9F6NO/c15-13(16,17)12-6-2-4-10(21-12)7-9-3-1-5-11(8-9)22-14(18,19)20/h1-6,8H,7H2.